The van der Waals surface area contributed by atoms with Gasteiger partial charge in [0.1, 0.15) is 18.3 Å². The van der Waals surface area contributed by atoms with Crippen LogP contribution in [0.3, 0.4) is 0 Å². The van der Waals surface area contributed by atoms with Gasteiger partial charge in [-0.1, -0.05) is 42.5 Å². The summed E-state index contributed by atoms with van der Waals surface area (Å²) in [6.45, 7) is -0.582. The van der Waals surface area contributed by atoms with E-state index < -0.39 is 36.8 Å². The molecule has 6 heteroatoms. The first-order chi connectivity index (χ1) is 10.5. The highest BCUT2D eigenvalue weighted by molar-refractivity contribution is 5.86. The molecule has 1 fully saturated rings. The van der Waals surface area contributed by atoms with Gasteiger partial charge in [-0.15, -0.1) is 0 Å². The van der Waals surface area contributed by atoms with Gasteiger partial charge in [0.05, 0.1) is 6.61 Å². The molecule has 5 N–H and O–H groups in total. The van der Waals surface area contributed by atoms with E-state index in [-0.39, 0.29) is 5.56 Å². The van der Waals surface area contributed by atoms with Gasteiger partial charge < -0.3 is 30.3 Å². The Hall–Kier alpha value is -1.54. The van der Waals surface area contributed by atoms with E-state index in [1.165, 1.54) is 0 Å². The monoisotopic (exact) mass is 306 g/mol. The van der Waals surface area contributed by atoms with Crippen LogP contribution in [0, 0.1) is 0 Å². The Morgan fingerprint density at radius 3 is 2.41 bits per heavy atom. The molecule has 3 rings (SSSR count). The fraction of sp³-hybridized carbons (Fsp3) is 0.375. The summed E-state index contributed by atoms with van der Waals surface area (Å²) in [6.07, 6.45) is -6.19. The third kappa shape index (κ3) is 2.13. The second-order valence-corrected chi connectivity index (χ2v) is 5.50. The highest BCUT2D eigenvalue weighted by atomic mass is 16.6. The Morgan fingerprint density at radius 2 is 1.68 bits per heavy atom. The minimum atomic E-state index is -2.20. The summed E-state index contributed by atoms with van der Waals surface area (Å²) in [5, 5.41) is 52.0. The zero-order chi connectivity index (χ0) is 15.9. The van der Waals surface area contributed by atoms with E-state index in [1.807, 2.05) is 18.2 Å². The Kier molecular flexibility index (Phi) is 3.90. The van der Waals surface area contributed by atoms with Crippen LogP contribution in [0.5, 0.6) is 0 Å². The third-order valence-corrected chi connectivity index (χ3v) is 4.24. The molecule has 1 heterocycles. The summed E-state index contributed by atoms with van der Waals surface area (Å²) in [4.78, 5) is 0. The maximum absolute atomic E-state index is 10.9. The van der Waals surface area contributed by atoms with Crippen LogP contribution < -0.4 is 0 Å². The quantitative estimate of drug-likeness (QED) is 0.510. The van der Waals surface area contributed by atoms with E-state index in [9.17, 15) is 20.4 Å². The van der Waals surface area contributed by atoms with Crippen molar-refractivity contribution in [2.75, 3.05) is 6.61 Å². The average Bonchev–Trinajstić information content (AvgIpc) is 2.55. The highest BCUT2D eigenvalue weighted by Gasteiger charge is 2.55. The molecule has 118 valence electrons. The van der Waals surface area contributed by atoms with Crippen molar-refractivity contribution in [3.63, 3.8) is 0 Å². The number of aliphatic hydroxyl groups is 5. The molecule has 0 saturated carbocycles. The van der Waals surface area contributed by atoms with E-state index in [1.54, 1.807) is 24.3 Å². The summed E-state index contributed by atoms with van der Waals surface area (Å²) >= 11 is 0. The van der Waals surface area contributed by atoms with Crippen LogP contribution in [0.25, 0.3) is 10.8 Å². The van der Waals surface area contributed by atoms with Crippen LogP contribution in [-0.4, -0.2) is 56.7 Å². The average molecular weight is 306 g/mol. The molecule has 0 unspecified atom stereocenters. The Labute approximate surface area is 126 Å². The lowest BCUT2D eigenvalue weighted by molar-refractivity contribution is -0.334. The summed E-state index contributed by atoms with van der Waals surface area (Å²) in [5.74, 6) is 0. The molecule has 0 amide bonds. The van der Waals surface area contributed by atoms with Crippen molar-refractivity contribution in [1.29, 1.82) is 0 Å². The van der Waals surface area contributed by atoms with Crippen molar-refractivity contribution in [3.8, 4) is 0 Å². The number of fused-ring (bicyclic) bond motifs is 1. The molecule has 2 aromatic carbocycles. The largest absolute Gasteiger partial charge is 0.394 e. The predicted octanol–water partition coefficient (Wildman–Crippen LogP) is -0.541. The molecule has 0 spiro atoms. The zero-order valence-corrected chi connectivity index (χ0v) is 11.7. The molecule has 1 saturated heterocycles. The van der Waals surface area contributed by atoms with Crippen molar-refractivity contribution in [2.45, 2.75) is 30.2 Å². The van der Waals surface area contributed by atoms with E-state index in [0.29, 0.717) is 5.39 Å². The normalized spacial score (nSPS) is 35.7. The molecule has 1 aliphatic rings. The fourth-order valence-corrected chi connectivity index (χ4v) is 2.98. The second-order valence-electron chi connectivity index (χ2n) is 5.50. The fourth-order valence-electron chi connectivity index (χ4n) is 2.98. The Balaban J connectivity index is 2.15. The Bertz CT molecular complexity index is 669. The van der Waals surface area contributed by atoms with Crippen molar-refractivity contribution in [1.82, 2.24) is 0 Å². The molecule has 0 aliphatic carbocycles. The van der Waals surface area contributed by atoms with Crippen molar-refractivity contribution in [2.24, 2.45) is 0 Å². The summed E-state index contributed by atoms with van der Waals surface area (Å²) in [7, 11) is 0. The van der Waals surface area contributed by atoms with Crippen LogP contribution in [0.4, 0.5) is 0 Å². The van der Waals surface area contributed by atoms with Gasteiger partial charge in [0.2, 0.25) is 0 Å². The molecular weight excluding hydrogens is 288 g/mol. The first-order valence-corrected chi connectivity index (χ1v) is 7.01. The van der Waals surface area contributed by atoms with Gasteiger partial charge >= 0.3 is 0 Å². The highest BCUT2D eigenvalue weighted by Crippen LogP contribution is 2.40. The molecule has 1 aliphatic heterocycles. The van der Waals surface area contributed by atoms with Gasteiger partial charge in [-0.2, -0.15) is 0 Å². The van der Waals surface area contributed by atoms with Gasteiger partial charge in [0.25, 0.3) is 0 Å². The van der Waals surface area contributed by atoms with Crippen LogP contribution in [0.1, 0.15) is 5.56 Å². The number of aliphatic hydroxyl groups excluding tert-OH is 4. The van der Waals surface area contributed by atoms with E-state index in [2.05, 4.69) is 0 Å². The maximum Gasteiger partial charge on any atom is 0.191 e. The molecule has 22 heavy (non-hydrogen) atoms. The van der Waals surface area contributed by atoms with Crippen molar-refractivity contribution in [3.05, 3.63) is 48.0 Å². The summed E-state index contributed by atoms with van der Waals surface area (Å²) < 4.78 is 5.08. The minimum absolute atomic E-state index is 0.251. The van der Waals surface area contributed by atoms with E-state index in [0.717, 1.165) is 5.39 Å². The van der Waals surface area contributed by atoms with Gasteiger partial charge in [-0.25, -0.2) is 0 Å². The van der Waals surface area contributed by atoms with Crippen LogP contribution in [0.15, 0.2) is 42.5 Å². The second kappa shape index (κ2) is 5.58. The first kappa shape index (κ1) is 15.4. The van der Waals surface area contributed by atoms with Gasteiger partial charge in [-0.3, -0.25) is 0 Å². The third-order valence-electron chi connectivity index (χ3n) is 4.24. The predicted molar refractivity (Wildman–Crippen MR) is 77.8 cm³/mol. The number of benzene rings is 2. The molecule has 0 bridgehead atoms. The number of rotatable bonds is 2. The molecule has 0 radical (unpaired) electrons. The molecule has 2 aromatic rings. The maximum atomic E-state index is 10.9. The van der Waals surface area contributed by atoms with Crippen molar-refractivity contribution >= 4 is 10.8 Å². The standard InChI is InChI=1S/C16H18O6/c17-8-12-13(18)14(19)16(21,15(20)22-12)11-7-3-5-9-4-1-2-6-10(9)11/h1-7,12-15,17-21H,8H2/t12-,13-,14+,15-,16-/m1/s1. The first-order valence-electron chi connectivity index (χ1n) is 7.01. The molecule has 0 aromatic heterocycles. The summed E-state index contributed by atoms with van der Waals surface area (Å²) in [5.41, 5.74) is -1.95. The molecular formula is C16H18O6. The number of hydrogen-bond acceptors (Lipinski definition) is 6. The van der Waals surface area contributed by atoms with Crippen LogP contribution in [0.2, 0.25) is 0 Å². The lowest BCUT2D eigenvalue weighted by atomic mass is 9.79. The van der Waals surface area contributed by atoms with Crippen LogP contribution in [-0.2, 0) is 10.3 Å². The van der Waals surface area contributed by atoms with Gasteiger partial charge in [-0.05, 0) is 16.3 Å². The number of hydrogen-bond donors (Lipinski definition) is 5. The molecule has 6 nitrogen and oxygen atoms in total. The lowest BCUT2D eigenvalue weighted by Gasteiger charge is -2.46. The molecule has 5 atom stereocenters. The topological polar surface area (TPSA) is 110 Å². The number of ether oxygens (including phenoxy) is 1. The summed E-state index contributed by atoms with van der Waals surface area (Å²) in [6, 6.07) is 12.2. The van der Waals surface area contributed by atoms with Crippen molar-refractivity contribution < 1.29 is 30.3 Å². The van der Waals surface area contributed by atoms with Gasteiger partial charge in [0.15, 0.2) is 11.9 Å². The lowest BCUT2D eigenvalue weighted by Crippen LogP contribution is -2.64. The van der Waals surface area contributed by atoms with Crippen LogP contribution >= 0.6 is 0 Å². The van der Waals surface area contributed by atoms with E-state index >= 15 is 0 Å². The smallest absolute Gasteiger partial charge is 0.191 e. The van der Waals surface area contributed by atoms with E-state index in [4.69, 9.17) is 9.84 Å². The Morgan fingerprint density at radius 1 is 1.00 bits per heavy atom. The SMILES string of the molecule is OC[C@H]1O[C@@H](O)[C@@](O)(c2cccc3ccccc23)[C@@H](O)[C@@H]1O. The minimum Gasteiger partial charge on any atom is -0.394 e. The van der Waals surface area contributed by atoms with Gasteiger partial charge in [0, 0.05) is 0 Å². The zero-order valence-electron chi connectivity index (χ0n) is 11.7.